The van der Waals surface area contributed by atoms with Gasteiger partial charge in [-0.05, 0) is 0 Å². The van der Waals surface area contributed by atoms with Gasteiger partial charge in [-0.2, -0.15) is 0 Å². The number of carbonyl (C=O) groups is 2. The molecule has 0 aromatic heterocycles. The highest BCUT2D eigenvalue weighted by Crippen LogP contribution is 1.90. The predicted molar refractivity (Wildman–Crippen MR) is 43.0 cm³/mol. The molecule has 0 amide bonds. The lowest BCUT2D eigenvalue weighted by molar-refractivity contribution is -0.122. The van der Waals surface area contributed by atoms with Gasteiger partial charge in [0.25, 0.3) is 0 Å². The van der Waals surface area contributed by atoms with E-state index in [0.717, 1.165) is 0 Å². The zero-order chi connectivity index (χ0) is 9.23. The molecule has 12 heavy (non-hydrogen) atoms. The summed E-state index contributed by atoms with van der Waals surface area (Å²) in [6, 6.07) is 0. The first kappa shape index (κ1) is 11.3. The Morgan fingerprint density at radius 2 is 2.00 bits per heavy atom. The quantitative estimate of drug-likeness (QED) is 0.389. The molecule has 0 saturated carbocycles. The average Bonchev–Trinajstić information content (AvgIpc) is 2.09. The fraction of sp³-hybridized carbons (Fsp3) is 0.750. The van der Waals surface area contributed by atoms with Crippen LogP contribution < -0.4 is 0 Å². The number of hydrogen-bond acceptors (Lipinski definition) is 4. The maximum absolute atomic E-state index is 10.9. The Kier molecular flexibility index (Phi) is 7.84. The van der Waals surface area contributed by atoms with E-state index in [1.807, 2.05) is 0 Å². The Balaban J connectivity index is 3.13. The highest BCUT2D eigenvalue weighted by Gasteiger charge is 2.00. The number of ether oxygens (including phenoxy) is 2. The molecule has 0 aliphatic rings. The molecular weight excluding hydrogens is 160 g/mol. The van der Waals surface area contributed by atoms with Gasteiger partial charge in [-0.1, -0.05) is 0 Å². The summed E-state index contributed by atoms with van der Waals surface area (Å²) in [5.41, 5.74) is 0. The van der Waals surface area contributed by atoms with E-state index in [9.17, 15) is 9.59 Å². The van der Waals surface area contributed by atoms with E-state index in [4.69, 9.17) is 9.47 Å². The monoisotopic (exact) mass is 174 g/mol. The van der Waals surface area contributed by atoms with Crippen LogP contribution in [0, 0.1) is 0 Å². The second-order valence-corrected chi connectivity index (χ2v) is 2.27. The van der Waals surface area contributed by atoms with Crippen molar-refractivity contribution in [2.75, 3.05) is 26.9 Å². The van der Waals surface area contributed by atoms with Gasteiger partial charge in [0.2, 0.25) is 0 Å². The summed E-state index contributed by atoms with van der Waals surface area (Å²) >= 11 is 0. The standard InChI is InChI=1S/C8H14O4/c1-11-5-2-8(10)3-6-12-7-4-9/h4H,2-3,5-7H2,1H3. The third-order valence-corrected chi connectivity index (χ3v) is 1.30. The van der Waals surface area contributed by atoms with Gasteiger partial charge in [-0.3, -0.25) is 4.79 Å². The highest BCUT2D eigenvalue weighted by molar-refractivity contribution is 5.78. The van der Waals surface area contributed by atoms with Gasteiger partial charge in [0.05, 0.1) is 13.2 Å². The molecule has 0 aromatic rings. The molecule has 0 unspecified atom stereocenters. The number of ketones is 1. The van der Waals surface area contributed by atoms with Crippen LogP contribution in [-0.4, -0.2) is 39.0 Å². The molecule has 70 valence electrons. The van der Waals surface area contributed by atoms with Crippen LogP contribution in [0.15, 0.2) is 0 Å². The van der Waals surface area contributed by atoms with Crippen LogP contribution in [0.1, 0.15) is 12.8 Å². The van der Waals surface area contributed by atoms with E-state index < -0.39 is 0 Å². The summed E-state index contributed by atoms with van der Waals surface area (Å²) in [7, 11) is 1.55. The van der Waals surface area contributed by atoms with Crippen molar-refractivity contribution < 1.29 is 19.1 Å². The van der Waals surface area contributed by atoms with Gasteiger partial charge < -0.3 is 14.3 Å². The third kappa shape index (κ3) is 7.37. The molecule has 0 N–H and O–H groups in total. The summed E-state index contributed by atoms with van der Waals surface area (Å²) in [4.78, 5) is 20.7. The van der Waals surface area contributed by atoms with Crippen LogP contribution in [-0.2, 0) is 19.1 Å². The van der Waals surface area contributed by atoms with Gasteiger partial charge in [0, 0.05) is 20.0 Å². The van der Waals surface area contributed by atoms with Crippen LogP contribution in [0.5, 0.6) is 0 Å². The van der Waals surface area contributed by atoms with Gasteiger partial charge in [0.15, 0.2) is 0 Å². The SMILES string of the molecule is COCCC(=O)CCOCC=O. The van der Waals surface area contributed by atoms with Crippen molar-refractivity contribution in [2.24, 2.45) is 0 Å². The lowest BCUT2D eigenvalue weighted by Gasteiger charge is -1.99. The van der Waals surface area contributed by atoms with Gasteiger partial charge in [0.1, 0.15) is 18.7 Å². The van der Waals surface area contributed by atoms with Gasteiger partial charge in [-0.15, -0.1) is 0 Å². The Hall–Kier alpha value is -0.740. The number of methoxy groups -OCH3 is 1. The molecule has 0 atom stereocenters. The Bertz CT molecular complexity index is 133. The molecule has 4 heteroatoms. The van der Waals surface area contributed by atoms with E-state index in [2.05, 4.69) is 0 Å². The number of aldehydes is 1. The third-order valence-electron chi connectivity index (χ3n) is 1.30. The number of rotatable bonds is 8. The van der Waals surface area contributed by atoms with Crippen LogP contribution in [0.2, 0.25) is 0 Å². The fourth-order valence-corrected chi connectivity index (χ4v) is 0.658. The smallest absolute Gasteiger partial charge is 0.145 e. The average molecular weight is 174 g/mol. The van der Waals surface area contributed by atoms with Crippen molar-refractivity contribution in [2.45, 2.75) is 12.8 Å². The normalized spacial score (nSPS) is 9.75. The van der Waals surface area contributed by atoms with Crippen LogP contribution in [0.4, 0.5) is 0 Å². The van der Waals surface area contributed by atoms with Crippen LogP contribution in [0.25, 0.3) is 0 Å². The minimum Gasteiger partial charge on any atom is -0.384 e. The molecule has 0 aromatic carbocycles. The predicted octanol–water partition coefficient (Wildman–Crippen LogP) is 0.198. The number of carbonyl (C=O) groups excluding carboxylic acids is 2. The van der Waals surface area contributed by atoms with Crippen molar-refractivity contribution in [1.29, 1.82) is 0 Å². The zero-order valence-corrected chi connectivity index (χ0v) is 7.25. The molecule has 0 radical (unpaired) electrons. The minimum atomic E-state index is 0.0670. The molecule has 0 saturated heterocycles. The van der Waals surface area contributed by atoms with Crippen molar-refractivity contribution in [3.63, 3.8) is 0 Å². The maximum atomic E-state index is 10.9. The van der Waals surface area contributed by atoms with E-state index in [1.54, 1.807) is 7.11 Å². The highest BCUT2D eigenvalue weighted by atomic mass is 16.5. The Morgan fingerprint density at radius 3 is 2.58 bits per heavy atom. The summed E-state index contributed by atoms with van der Waals surface area (Å²) in [6.45, 7) is 0.839. The van der Waals surface area contributed by atoms with Crippen LogP contribution >= 0.6 is 0 Å². The number of hydrogen-bond donors (Lipinski definition) is 0. The van der Waals surface area contributed by atoms with Crippen molar-refractivity contribution in [3.8, 4) is 0 Å². The second kappa shape index (κ2) is 8.36. The molecule has 0 aliphatic heterocycles. The molecule has 0 spiro atoms. The minimum absolute atomic E-state index is 0.0670. The van der Waals surface area contributed by atoms with Crippen LogP contribution in [0.3, 0.4) is 0 Å². The van der Waals surface area contributed by atoms with Crippen molar-refractivity contribution in [3.05, 3.63) is 0 Å². The molecule has 0 rings (SSSR count). The first-order valence-electron chi connectivity index (χ1n) is 3.83. The summed E-state index contributed by atoms with van der Waals surface area (Å²) in [6.07, 6.45) is 1.44. The largest absolute Gasteiger partial charge is 0.384 e. The van der Waals surface area contributed by atoms with E-state index in [-0.39, 0.29) is 12.4 Å². The summed E-state index contributed by atoms with van der Waals surface area (Å²) < 4.78 is 9.53. The molecule has 0 bridgehead atoms. The first-order chi connectivity index (χ1) is 5.81. The van der Waals surface area contributed by atoms with Gasteiger partial charge >= 0.3 is 0 Å². The zero-order valence-electron chi connectivity index (χ0n) is 7.25. The lowest BCUT2D eigenvalue weighted by atomic mass is 10.2. The lowest BCUT2D eigenvalue weighted by Crippen LogP contribution is -2.07. The molecule has 4 nitrogen and oxygen atoms in total. The fourth-order valence-electron chi connectivity index (χ4n) is 0.658. The van der Waals surface area contributed by atoms with Crippen molar-refractivity contribution >= 4 is 12.1 Å². The summed E-state index contributed by atoms with van der Waals surface area (Å²) in [5.74, 6) is 0.0998. The maximum Gasteiger partial charge on any atom is 0.145 e. The topological polar surface area (TPSA) is 52.6 Å². The van der Waals surface area contributed by atoms with E-state index >= 15 is 0 Å². The summed E-state index contributed by atoms with van der Waals surface area (Å²) in [5, 5.41) is 0. The van der Waals surface area contributed by atoms with E-state index in [0.29, 0.717) is 32.3 Å². The second-order valence-electron chi connectivity index (χ2n) is 2.27. The molecule has 0 aliphatic carbocycles. The number of Topliss-reactive ketones (excluding diaryl/α,β-unsaturated/α-hetero) is 1. The van der Waals surface area contributed by atoms with Crippen molar-refractivity contribution in [1.82, 2.24) is 0 Å². The van der Waals surface area contributed by atoms with E-state index in [1.165, 1.54) is 0 Å². The molecule has 0 fully saturated rings. The molecular formula is C8H14O4. The first-order valence-corrected chi connectivity index (χ1v) is 3.83. The Labute approximate surface area is 71.8 Å². The Morgan fingerprint density at radius 1 is 1.33 bits per heavy atom. The van der Waals surface area contributed by atoms with Gasteiger partial charge in [-0.25, -0.2) is 0 Å². The molecule has 0 heterocycles.